The van der Waals surface area contributed by atoms with Crippen LogP contribution in [0.2, 0.25) is 0 Å². The number of carbonyl (C=O) groups excluding carboxylic acids is 2. The van der Waals surface area contributed by atoms with Gasteiger partial charge in [-0.25, -0.2) is 0 Å². The second kappa shape index (κ2) is 11.2. The molecule has 0 saturated carbocycles. The quantitative estimate of drug-likeness (QED) is 0.398. The Bertz CT molecular complexity index is 234. The van der Waals surface area contributed by atoms with Gasteiger partial charge < -0.3 is 9.90 Å². The van der Waals surface area contributed by atoms with Gasteiger partial charge in [0.25, 0.3) is 0 Å². The summed E-state index contributed by atoms with van der Waals surface area (Å²) < 4.78 is 0. The topological polar surface area (TPSA) is 57.2 Å². The lowest BCUT2D eigenvalue weighted by Crippen LogP contribution is -2.25. The highest BCUT2D eigenvalue weighted by Gasteiger charge is 2.01. The molecule has 0 saturated heterocycles. The van der Waals surface area contributed by atoms with Crippen LogP contribution in [0.25, 0.3) is 0 Å². The Kier molecular flexibility index (Phi) is 10.7. The Morgan fingerprint density at radius 3 is 1.89 bits per heavy atom. The Morgan fingerprint density at radius 1 is 0.889 bits per heavy atom. The SMILES string of the molecule is CC(C)CCCCCCCCCC(=O)CC(=O)[O-]. The first-order chi connectivity index (χ1) is 8.52. The molecule has 3 nitrogen and oxygen atoms in total. The third kappa shape index (κ3) is 13.2. The lowest BCUT2D eigenvalue weighted by molar-refractivity contribution is -0.304. The highest BCUT2D eigenvalue weighted by atomic mass is 16.4. The zero-order chi connectivity index (χ0) is 13.8. The molecule has 0 spiro atoms. The Morgan fingerprint density at radius 2 is 1.39 bits per heavy atom. The monoisotopic (exact) mass is 255 g/mol. The van der Waals surface area contributed by atoms with E-state index in [9.17, 15) is 14.7 Å². The molecule has 0 aliphatic heterocycles. The fourth-order valence-corrected chi connectivity index (χ4v) is 2.01. The number of carboxylic acids is 1. The van der Waals surface area contributed by atoms with E-state index in [1.54, 1.807) is 0 Å². The van der Waals surface area contributed by atoms with Gasteiger partial charge in [-0.2, -0.15) is 0 Å². The molecule has 0 heterocycles. The van der Waals surface area contributed by atoms with Crippen molar-refractivity contribution >= 4 is 11.8 Å². The number of hydrogen-bond acceptors (Lipinski definition) is 3. The normalized spacial score (nSPS) is 10.8. The minimum atomic E-state index is -1.26. The molecule has 0 atom stereocenters. The molecule has 0 bridgehead atoms. The van der Waals surface area contributed by atoms with E-state index in [2.05, 4.69) is 13.8 Å². The smallest absolute Gasteiger partial charge is 0.138 e. The fraction of sp³-hybridized carbons (Fsp3) is 0.867. The van der Waals surface area contributed by atoms with Crippen molar-refractivity contribution in [1.82, 2.24) is 0 Å². The van der Waals surface area contributed by atoms with E-state index in [-0.39, 0.29) is 5.78 Å². The molecule has 0 amide bonds. The predicted octanol–water partition coefficient (Wildman–Crippen LogP) is 2.86. The average molecular weight is 255 g/mol. The van der Waals surface area contributed by atoms with E-state index in [1.807, 2.05) is 0 Å². The third-order valence-corrected chi connectivity index (χ3v) is 3.08. The minimum Gasteiger partial charge on any atom is -0.550 e. The van der Waals surface area contributed by atoms with Crippen molar-refractivity contribution in [1.29, 1.82) is 0 Å². The van der Waals surface area contributed by atoms with Gasteiger partial charge in [-0.3, -0.25) is 4.79 Å². The van der Waals surface area contributed by atoms with Gasteiger partial charge in [-0.15, -0.1) is 0 Å². The van der Waals surface area contributed by atoms with E-state index in [4.69, 9.17) is 0 Å². The predicted molar refractivity (Wildman–Crippen MR) is 71.0 cm³/mol. The Balaban J connectivity index is 3.16. The second-order valence-corrected chi connectivity index (χ2v) is 5.49. The summed E-state index contributed by atoms with van der Waals surface area (Å²) in [6.45, 7) is 4.51. The molecule has 0 aliphatic rings. The maximum Gasteiger partial charge on any atom is 0.138 e. The summed E-state index contributed by atoms with van der Waals surface area (Å²) in [4.78, 5) is 21.2. The van der Waals surface area contributed by atoms with Crippen LogP contribution in [0, 0.1) is 5.92 Å². The maximum atomic E-state index is 11.1. The number of carbonyl (C=O) groups is 2. The zero-order valence-electron chi connectivity index (χ0n) is 11.9. The van der Waals surface area contributed by atoms with Crippen LogP contribution in [-0.4, -0.2) is 11.8 Å². The van der Waals surface area contributed by atoms with Crippen molar-refractivity contribution in [3.05, 3.63) is 0 Å². The van der Waals surface area contributed by atoms with Gasteiger partial charge in [0.15, 0.2) is 0 Å². The van der Waals surface area contributed by atoms with Crippen LogP contribution in [0.15, 0.2) is 0 Å². The molecule has 0 aliphatic carbocycles. The average Bonchev–Trinajstić information content (AvgIpc) is 2.25. The third-order valence-electron chi connectivity index (χ3n) is 3.08. The van der Waals surface area contributed by atoms with Crippen molar-refractivity contribution in [3.63, 3.8) is 0 Å². The summed E-state index contributed by atoms with van der Waals surface area (Å²) in [5, 5.41) is 10.2. The van der Waals surface area contributed by atoms with E-state index < -0.39 is 12.4 Å². The molecule has 106 valence electrons. The van der Waals surface area contributed by atoms with Gasteiger partial charge in [0.05, 0.1) is 0 Å². The van der Waals surface area contributed by atoms with Crippen molar-refractivity contribution in [3.8, 4) is 0 Å². The van der Waals surface area contributed by atoms with Gasteiger partial charge in [0, 0.05) is 18.8 Å². The van der Waals surface area contributed by atoms with Crippen LogP contribution < -0.4 is 5.11 Å². The molecular weight excluding hydrogens is 228 g/mol. The first kappa shape index (κ1) is 17.1. The Hall–Kier alpha value is -0.860. The van der Waals surface area contributed by atoms with Crippen LogP contribution >= 0.6 is 0 Å². The molecule has 0 aromatic heterocycles. The van der Waals surface area contributed by atoms with Gasteiger partial charge in [0.1, 0.15) is 5.78 Å². The van der Waals surface area contributed by atoms with Crippen molar-refractivity contribution in [2.45, 2.75) is 78.1 Å². The Labute approximate surface area is 111 Å². The van der Waals surface area contributed by atoms with E-state index in [0.717, 1.165) is 25.2 Å². The number of hydrogen-bond donors (Lipinski definition) is 0. The number of carboxylic acid groups (broad SMARTS) is 1. The van der Waals surface area contributed by atoms with E-state index in [1.165, 1.54) is 32.1 Å². The van der Waals surface area contributed by atoms with E-state index >= 15 is 0 Å². The van der Waals surface area contributed by atoms with Crippen LogP contribution in [-0.2, 0) is 9.59 Å². The molecule has 0 aromatic carbocycles. The van der Waals surface area contributed by atoms with E-state index in [0.29, 0.717) is 6.42 Å². The zero-order valence-corrected chi connectivity index (χ0v) is 11.9. The molecule has 3 heteroatoms. The van der Waals surface area contributed by atoms with Crippen LogP contribution in [0.5, 0.6) is 0 Å². The summed E-state index contributed by atoms with van der Waals surface area (Å²) >= 11 is 0. The van der Waals surface area contributed by atoms with Gasteiger partial charge in [-0.1, -0.05) is 58.8 Å². The molecular formula is C15H27O3-. The van der Waals surface area contributed by atoms with Gasteiger partial charge in [0.2, 0.25) is 0 Å². The fourth-order valence-electron chi connectivity index (χ4n) is 2.01. The molecule has 0 rings (SSSR count). The second-order valence-electron chi connectivity index (χ2n) is 5.49. The minimum absolute atomic E-state index is 0.202. The molecule has 0 aromatic rings. The summed E-state index contributed by atoms with van der Waals surface area (Å²) in [5.74, 6) is -0.656. The summed E-state index contributed by atoms with van der Waals surface area (Å²) in [5.41, 5.74) is 0. The standard InChI is InChI=1S/C15H28O3/c1-13(2)10-8-6-4-3-5-7-9-11-14(16)12-15(17)18/h13H,3-12H2,1-2H3,(H,17,18)/p-1. The summed E-state index contributed by atoms with van der Waals surface area (Å²) in [6.07, 6.45) is 9.42. The lowest BCUT2D eigenvalue weighted by atomic mass is 10.0. The number of unbranched alkanes of at least 4 members (excludes halogenated alkanes) is 6. The molecule has 0 radical (unpaired) electrons. The number of ketones is 1. The first-order valence-electron chi connectivity index (χ1n) is 7.24. The highest BCUT2D eigenvalue weighted by molar-refractivity contribution is 5.93. The highest BCUT2D eigenvalue weighted by Crippen LogP contribution is 2.12. The van der Waals surface area contributed by atoms with Crippen LogP contribution in [0.1, 0.15) is 78.1 Å². The lowest BCUT2D eigenvalue weighted by Gasteiger charge is -2.04. The van der Waals surface area contributed by atoms with Crippen molar-refractivity contribution < 1.29 is 14.7 Å². The number of rotatable bonds is 12. The largest absolute Gasteiger partial charge is 0.550 e. The molecule has 0 N–H and O–H groups in total. The number of Topliss-reactive ketones (excluding diaryl/α,β-unsaturated/α-hetero) is 1. The molecule has 0 fully saturated rings. The van der Waals surface area contributed by atoms with Crippen molar-refractivity contribution in [2.24, 2.45) is 5.92 Å². The molecule has 18 heavy (non-hydrogen) atoms. The van der Waals surface area contributed by atoms with Gasteiger partial charge in [-0.05, 0) is 12.3 Å². The van der Waals surface area contributed by atoms with Gasteiger partial charge >= 0.3 is 0 Å². The van der Waals surface area contributed by atoms with Crippen molar-refractivity contribution in [2.75, 3.05) is 0 Å². The maximum absolute atomic E-state index is 11.1. The van der Waals surface area contributed by atoms with Crippen LogP contribution in [0.4, 0.5) is 0 Å². The summed E-state index contributed by atoms with van der Waals surface area (Å²) in [6, 6.07) is 0. The first-order valence-corrected chi connectivity index (χ1v) is 7.24. The number of aliphatic carboxylic acids is 1. The van der Waals surface area contributed by atoms with Crippen LogP contribution in [0.3, 0.4) is 0 Å². The molecule has 0 unspecified atom stereocenters. The summed E-state index contributed by atoms with van der Waals surface area (Å²) in [7, 11) is 0.